The van der Waals surface area contributed by atoms with Gasteiger partial charge in [-0.05, 0) is 12.5 Å². The lowest BCUT2D eigenvalue weighted by molar-refractivity contribution is -0.155. The van der Waals surface area contributed by atoms with E-state index in [1.54, 1.807) is 0 Å². The topological polar surface area (TPSA) is 122 Å². The predicted molar refractivity (Wildman–Crippen MR) is 81.2 cm³/mol. The molecule has 1 atom stereocenters. The summed E-state index contributed by atoms with van der Waals surface area (Å²) in [6.45, 7) is 0.772. The van der Waals surface area contributed by atoms with Crippen molar-refractivity contribution in [3.63, 3.8) is 0 Å². The van der Waals surface area contributed by atoms with Crippen molar-refractivity contribution in [3.05, 3.63) is 48.3 Å². The zero-order chi connectivity index (χ0) is 17.1. The van der Waals surface area contributed by atoms with Gasteiger partial charge in [-0.15, -0.1) is 0 Å². The number of carbonyl (C=O) groups is 1. The number of rotatable bonds is 7. The van der Waals surface area contributed by atoms with Gasteiger partial charge in [-0.2, -0.15) is 5.10 Å². The van der Waals surface area contributed by atoms with Gasteiger partial charge in [-0.1, -0.05) is 30.3 Å². The molecule has 1 aromatic carbocycles. The highest BCUT2D eigenvalue weighted by Gasteiger charge is 2.32. The molecule has 124 valence electrons. The first-order chi connectivity index (χ1) is 10.7. The summed E-state index contributed by atoms with van der Waals surface area (Å²) in [5.41, 5.74) is -1.23. The van der Waals surface area contributed by atoms with Crippen LogP contribution in [0, 0.1) is 0 Å². The Morgan fingerprint density at radius 1 is 1.35 bits per heavy atom. The van der Waals surface area contributed by atoms with E-state index in [-0.39, 0.29) is 4.90 Å². The van der Waals surface area contributed by atoms with E-state index in [1.165, 1.54) is 17.1 Å². The van der Waals surface area contributed by atoms with Crippen molar-refractivity contribution in [2.24, 2.45) is 0 Å². The maximum absolute atomic E-state index is 12.1. The Kier molecular flexibility index (Phi) is 4.83. The number of hydrogen-bond acceptors (Lipinski definition) is 5. The molecule has 0 aliphatic heterocycles. The van der Waals surface area contributed by atoms with Crippen LogP contribution in [0.25, 0.3) is 0 Å². The number of hydrogen-bond donors (Lipinski definition) is 3. The third-order valence-electron chi connectivity index (χ3n) is 3.17. The summed E-state index contributed by atoms with van der Waals surface area (Å²) in [7, 11) is -3.96. The lowest BCUT2D eigenvalue weighted by atomic mass is 10.1. The minimum absolute atomic E-state index is 0.102. The van der Waals surface area contributed by atoms with Crippen LogP contribution >= 0.6 is 0 Å². The first kappa shape index (κ1) is 17.1. The summed E-state index contributed by atoms with van der Waals surface area (Å²) < 4.78 is 27.7. The van der Waals surface area contributed by atoms with Gasteiger partial charge in [-0.3, -0.25) is 4.68 Å². The molecule has 0 spiro atoms. The van der Waals surface area contributed by atoms with E-state index >= 15 is 0 Å². The first-order valence-electron chi connectivity index (χ1n) is 6.72. The van der Waals surface area contributed by atoms with Crippen molar-refractivity contribution >= 4 is 16.0 Å². The van der Waals surface area contributed by atoms with Gasteiger partial charge in [0.25, 0.3) is 0 Å². The molecule has 3 N–H and O–H groups in total. The van der Waals surface area contributed by atoms with Gasteiger partial charge in [0.2, 0.25) is 10.0 Å². The monoisotopic (exact) mass is 339 g/mol. The van der Waals surface area contributed by atoms with Crippen molar-refractivity contribution in [2.45, 2.75) is 24.0 Å². The second kappa shape index (κ2) is 6.49. The zero-order valence-electron chi connectivity index (χ0n) is 12.4. The van der Waals surface area contributed by atoms with Gasteiger partial charge >= 0.3 is 5.97 Å². The van der Waals surface area contributed by atoms with E-state index in [0.29, 0.717) is 6.54 Å². The van der Waals surface area contributed by atoms with E-state index in [4.69, 9.17) is 5.11 Å². The maximum Gasteiger partial charge on any atom is 0.336 e. The number of carboxylic acids is 1. The van der Waals surface area contributed by atoms with E-state index < -0.39 is 28.1 Å². The fraction of sp³-hybridized carbons (Fsp3) is 0.286. The standard InChI is InChI=1S/C14H17N3O5S/c1-14(20,13(18)19)10-16-23(21,22)12-7-15-17(9-12)8-11-5-3-2-4-6-11/h2-7,9,16,20H,8,10H2,1H3,(H,18,19). The van der Waals surface area contributed by atoms with Crippen LogP contribution in [0.1, 0.15) is 12.5 Å². The second-order valence-electron chi connectivity index (χ2n) is 5.26. The highest BCUT2D eigenvalue weighted by Crippen LogP contribution is 2.10. The molecular formula is C14H17N3O5S. The van der Waals surface area contributed by atoms with Gasteiger partial charge < -0.3 is 10.2 Å². The van der Waals surface area contributed by atoms with Crippen LogP contribution in [0.15, 0.2) is 47.6 Å². The van der Waals surface area contributed by atoms with Crippen LogP contribution in [-0.4, -0.2) is 46.5 Å². The average molecular weight is 339 g/mol. The van der Waals surface area contributed by atoms with Gasteiger partial charge in [0.15, 0.2) is 5.60 Å². The Hall–Kier alpha value is -2.23. The molecule has 0 saturated heterocycles. The molecule has 23 heavy (non-hydrogen) atoms. The first-order valence-corrected chi connectivity index (χ1v) is 8.21. The number of nitrogens with one attached hydrogen (secondary N) is 1. The fourth-order valence-corrected chi connectivity index (χ4v) is 2.82. The SMILES string of the molecule is CC(O)(CNS(=O)(=O)c1cnn(Cc2ccccc2)c1)C(=O)O. The van der Waals surface area contributed by atoms with Crippen molar-refractivity contribution in [3.8, 4) is 0 Å². The van der Waals surface area contributed by atoms with Crippen LogP contribution in [0.5, 0.6) is 0 Å². The normalized spacial score (nSPS) is 14.3. The van der Waals surface area contributed by atoms with E-state index in [9.17, 15) is 18.3 Å². The van der Waals surface area contributed by atoms with Crippen LogP contribution < -0.4 is 4.72 Å². The highest BCUT2D eigenvalue weighted by atomic mass is 32.2. The summed E-state index contributed by atoms with van der Waals surface area (Å²) in [6.07, 6.45) is 2.51. The summed E-state index contributed by atoms with van der Waals surface area (Å²) in [6, 6.07) is 9.38. The number of sulfonamides is 1. The molecule has 1 heterocycles. The summed E-state index contributed by atoms with van der Waals surface area (Å²) in [4.78, 5) is 10.7. The average Bonchev–Trinajstić information content (AvgIpc) is 2.96. The van der Waals surface area contributed by atoms with Crippen LogP contribution in [-0.2, 0) is 21.4 Å². The van der Waals surface area contributed by atoms with Gasteiger partial charge in [-0.25, -0.2) is 17.9 Å². The molecule has 9 heteroatoms. The quantitative estimate of drug-likeness (QED) is 0.655. The molecule has 0 amide bonds. The Morgan fingerprint density at radius 2 is 2.00 bits per heavy atom. The molecule has 1 unspecified atom stereocenters. The zero-order valence-corrected chi connectivity index (χ0v) is 13.2. The molecule has 2 rings (SSSR count). The Bertz CT molecular complexity index is 784. The van der Waals surface area contributed by atoms with Crippen LogP contribution in [0.3, 0.4) is 0 Å². The van der Waals surface area contributed by atoms with Crippen molar-refractivity contribution in [2.75, 3.05) is 6.54 Å². The highest BCUT2D eigenvalue weighted by molar-refractivity contribution is 7.89. The molecule has 0 aliphatic rings. The molecule has 0 fully saturated rings. The lowest BCUT2D eigenvalue weighted by Gasteiger charge is -2.17. The fourth-order valence-electron chi connectivity index (χ4n) is 1.73. The Morgan fingerprint density at radius 3 is 2.61 bits per heavy atom. The summed E-state index contributed by atoms with van der Waals surface area (Å²) in [5, 5.41) is 22.3. The number of carboxylic acid groups (broad SMARTS) is 1. The van der Waals surface area contributed by atoms with Crippen molar-refractivity contribution < 1.29 is 23.4 Å². The maximum atomic E-state index is 12.1. The molecule has 2 aromatic rings. The number of nitrogens with zero attached hydrogens (tertiary/aromatic N) is 2. The number of aliphatic carboxylic acids is 1. The molecule has 1 aromatic heterocycles. The Labute approximate surface area is 133 Å². The molecule has 0 aliphatic carbocycles. The van der Waals surface area contributed by atoms with Crippen molar-refractivity contribution in [1.29, 1.82) is 0 Å². The van der Waals surface area contributed by atoms with E-state index in [0.717, 1.165) is 12.5 Å². The molecule has 0 bridgehead atoms. The molecular weight excluding hydrogens is 322 g/mol. The Balaban J connectivity index is 2.08. The minimum Gasteiger partial charge on any atom is -0.479 e. The third kappa shape index (κ3) is 4.38. The summed E-state index contributed by atoms with van der Waals surface area (Å²) in [5.74, 6) is -1.51. The smallest absolute Gasteiger partial charge is 0.336 e. The number of benzene rings is 1. The van der Waals surface area contributed by atoms with Crippen LogP contribution in [0.2, 0.25) is 0 Å². The number of aromatic nitrogens is 2. The van der Waals surface area contributed by atoms with Crippen LogP contribution in [0.4, 0.5) is 0 Å². The van der Waals surface area contributed by atoms with E-state index in [2.05, 4.69) is 9.82 Å². The lowest BCUT2D eigenvalue weighted by Crippen LogP contribution is -2.46. The van der Waals surface area contributed by atoms with Gasteiger partial charge in [0.1, 0.15) is 4.90 Å². The van der Waals surface area contributed by atoms with Gasteiger partial charge in [0, 0.05) is 6.20 Å². The molecule has 0 saturated carbocycles. The van der Waals surface area contributed by atoms with Crippen molar-refractivity contribution in [1.82, 2.24) is 14.5 Å². The molecule has 0 radical (unpaired) electrons. The van der Waals surface area contributed by atoms with E-state index in [1.807, 2.05) is 30.3 Å². The molecule has 8 nitrogen and oxygen atoms in total. The minimum atomic E-state index is -3.96. The predicted octanol–water partition coefficient (Wildman–Crippen LogP) is 0.0453. The summed E-state index contributed by atoms with van der Waals surface area (Å²) >= 11 is 0. The largest absolute Gasteiger partial charge is 0.479 e. The number of aliphatic hydroxyl groups is 1. The van der Waals surface area contributed by atoms with Gasteiger partial charge in [0.05, 0.1) is 19.3 Å². The third-order valence-corrected chi connectivity index (χ3v) is 4.53. The second-order valence-corrected chi connectivity index (χ2v) is 7.03.